The SMILES string of the molecule is Cc1cc(Cl)nc(Cl)c1CC(O)C(F)(F)F. The second-order valence-corrected chi connectivity index (χ2v) is 4.04. The molecule has 0 aromatic carbocycles. The first-order valence-electron chi connectivity index (χ1n) is 4.28. The number of hydrogen-bond donors (Lipinski definition) is 1. The van der Waals surface area contributed by atoms with Crippen LogP contribution in [0.4, 0.5) is 13.2 Å². The summed E-state index contributed by atoms with van der Waals surface area (Å²) in [6.45, 7) is 1.55. The van der Waals surface area contributed by atoms with Crippen LogP contribution in [0.25, 0.3) is 0 Å². The number of pyridine rings is 1. The molecule has 2 nitrogen and oxygen atoms in total. The molecule has 0 amide bonds. The normalized spacial score (nSPS) is 13.9. The van der Waals surface area contributed by atoms with E-state index in [1.54, 1.807) is 6.92 Å². The molecule has 0 radical (unpaired) electrons. The molecule has 1 aromatic heterocycles. The summed E-state index contributed by atoms with van der Waals surface area (Å²) in [5.41, 5.74) is 0.615. The summed E-state index contributed by atoms with van der Waals surface area (Å²) in [7, 11) is 0. The summed E-state index contributed by atoms with van der Waals surface area (Å²) in [5, 5.41) is 8.90. The molecule has 0 spiro atoms. The Hall–Kier alpha value is -0.520. The lowest BCUT2D eigenvalue weighted by Gasteiger charge is -2.16. The predicted molar refractivity (Wildman–Crippen MR) is 54.8 cm³/mol. The smallest absolute Gasteiger partial charge is 0.383 e. The van der Waals surface area contributed by atoms with Crippen molar-refractivity contribution in [3.63, 3.8) is 0 Å². The van der Waals surface area contributed by atoms with Crippen LogP contribution in [0.3, 0.4) is 0 Å². The fourth-order valence-corrected chi connectivity index (χ4v) is 1.78. The minimum Gasteiger partial charge on any atom is -0.383 e. The summed E-state index contributed by atoms with van der Waals surface area (Å²) in [6, 6.07) is 1.39. The fourth-order valence-electron chi connectivity index (χ4n) is 1.18. The molecule has 1 rings (SSSR count). The van der Waals surface area contributed by atoms with E-state index >= 15 is 0 Å². The van der Waals surface area contributed by atoms with Crippen molar-refractivity contribution < 1.29 is 18.3 Å². The third kappa shape index (κ3) is 3.23. The third-order valence-corrected chi connectivity index (χ3v) is 2.55. The van der Waals surface area contributed by atoms with E-state index in [4.69, 9.17) is 28.3 Å². The number of hydrogen-bond acceptors (Lipinski definition) is 2. The van der Waals surface area contributed by atoms with Crippen LogP contribution in [0.1, 0.15) is 11.1 Å². The van der Waals surface area contributed by atoms with E-state index in [1.165, 1.54) is 6.07 Å². The summed E-state index contributed by atoms with van der Waals surface area (Å²) >= 11 is 11.2. The van der Waals surface area contributed by atoms with Crippen LogP contribution in [-0.4, -0.2) is 22.4 Å². The van der Waals surface area contributed by atoms with E-state index < -0.39 is 18.7 Å². The highest BCUT2D eigenvalue weighted by Gasteiger charge is 2.38. The van der Waals surface area contributed by atoms with Gasteiger partial charge in [0.15, 0.2) is 6.10 Å². The Morgan fingerprint density at radius 2 is 2.00 bits per heavy atom. The molecule has 1 atom stereocenters. The molecule has 1 heterocycles. The van der Waals surface area contributed by atoms with Gasteiger partial charge in [-0.05, 0) is 24.1 Å². The fraction of sp³-hybridized carbons (Fsp3) is 0.444. The quantitative estimate of drug-likeness (QED) is 0.840. The first-order valence-corrected chi connectivity index (χ1v) is 5.03. The van der Waals surface area contributed by atoms with Crippen molar-refractivity contribution in [2.75, 3.05) is 0 Å². The van der Waals surface area contributed by atoms with Gasteiger partial charge in [-0.2, -0.15) is 13.2 Å². The van der Waals surface area contributed by atoms with Crippen molar-refractivity contribution in [3.05, 3.63) is 27.5 Å². The Morgan fingerprint density at radius 3 is 2.44 bits per heavy atom. The summed E-state index contributed by atoms with van der Waals surface area (Å²) in [6.07, 6.45) is -7.75. The minimum atomic E-state index is -4.67. The Labute approximate surface area is 100 Å². The first kappa shape index (κ1) is 13.5. The van der Waals surface area contributed by atoms with Gasteiger partial charge in [-0.25, -0.2) is 4.98 Å². The lowest BCUT2D eigenvalue weighted by atomic mass is 10.1. The lowest BCUT2D eigenvalue weighted by molar-refractivity contribution is -0.203. The van der Waals surface area contributed by atoms with Crippen LogP contribution in [-0.2, 0) is 6.42 Å². The zero-order valence-electron chi connectivity index (χ0n) is 8.15. The van der Waals surface area contributed by atoms with Crippen molar-refractivity contribution in [2.45, 2.75) is 25.6 Å². The largest absolute Gasteiger partial charge is 0.414 e. The standard InChI is InChI=1S/C9H8Cl2F3NO/c1-4-2-7(10)15-8(11)5(4)3-6(16)9(12,13)14/h2,6,16H,3H2,1H3. The summed E-state index contributed by atoms with van der Waals surface area (Å²) in [5.74, 6) is 0. The highest BCUT2D eigenvalue weighted by Crippen LogP contribution is 2.28. The highest BCUT2D eigenvalue weighted by atomic mass is 35.5. The molecule has 0 saturated heterocycles. The number of aliphatic hydroxyl groups excluding tert-OH is 1. The van der Waals surface area contributed by atoms with Gasteiger partial charge in [-0.3, -0.25) is 0 Å². The maximum absolute atomic E-state index is 12.1. The van der Waals surface area contributed by atoms with Gasteiger partial charge in [0, 0.05) is 6.42 Å². The number of aromatic nitrogens is 1. The Bertz CT molecular complexity index is 372. The Kier molecular flexibility index (Phi) is 4.04. The average Bonchev–Trinajstić information content (AvgIpc) is 2.08. The Morgan fingerprint density at radius 1 is 1.44 bits per heavy atom. The maximum Gasteiger partial charge on any atom is 0.414 e. The van der Waals surface area contributed by atoms with Crippen molar-refractivity contribution in [2.24, 2.45) is 0 Å². The molecule has 1 aromatic rings. The highest BCUT2D eigenvalue weighted by molar-refractivity contribution is 6.33. The first-order chi connectivity index (χ1) is 7.21. The van der Waals surface area contributed by atoms with Gasteiger partial charge in [0.25, 0.3) is 0 Å². The lowest BCUT2D eigenvalue weighted by Crippen LogP contribution is -2.30. The Balaban J connectivity index is 2.98. The van der Waals surface area contributed by atoms with Gasteiger partial charge in [-0.15, -0.1) is 0 Å². The molecule has 7 heteroatoms. The number of aliphatic hydroxyl groups is 1. The van der Waals surface area contributed by atoms with Gasteiger partial charge in [-0.1, -0.05) is 23.2 Å². The molecule has 1 unspecified atom stereocenters. The van der Waals surface area contributed by atoms with E-state index in [-0.39, 0.29) is 15.9 Å². The number of rotatable bonds is 2. The molecular formula is C9H8Cl2F3NO. The zero-order valence-corrected chi connectivity index (χ0v) is 9.66. The second-order valence-electron chi connectivity index (χ2n) is 3.29. The number of nitrogens with zero attached hydrogens (tertiary/aromatic N) is 1. The van der Waals surface area contributed by atoms with E-state index in [0.717, 1.165) is 0 Å². The topological polar surface area (TPSA) is 33.1 Å². The van der Waals surface area contributed by atoms with Crippen LogP contribution >= 0.6 is 23.2 Å². The van der Waals surface area contributed by atoms with Crippen molar-refractivity contribution in [1.29, 1.82) is 0 Å². The van der Waals surface area contributed by atoms with E-state index in [1.807, 2.05) is 0 Å². The zero-order chi connectivity index (χ0) is 12.5. The number of alkyl halides is 3. The van der Waals surface area contributed by atoms with Gasteiger partial charge >= 0.3 is 6.18 Å². The number of aryl methyl sites for hydroxylation is 1. The molecule has 1 N–H and O–H groups in total. The molecule has 0 aliphatic carbocycles. The van der Waals surface area contributed by atoms with Gasteiger partial charge in [0.05, 0.1) is 0 Å². The number of halogens is 5. The van der Waals surface area contributed by atoms with Crippen molar-refractivity contribution >= 4 is 23.2 Å². The van der Waals surface area contributed by atoms with Gasteiger partial charge in [0.1, 0.15) is 10.3 Å². The minimum absolute atomic E-state index is 0.104. The van der Waals surface area contributed by atoms with Crippen LogP contribution in [0.15, 0.2) is 6.07 Å². The van der Waals surface area contributed by atoms with Crippen molar-refractivity contribution in [1.82, 2.24) is 4.98 Å². The molecule has 0 bridgehead atoms. The van der Waals surface area contributed by atoms with Gasteiger partial charge in [0.2, 0.25) is 0 Å². The summed E-state index contributed by atoms with van der Waals surface area (Å²) in [4.78, 5) is 3.62. The molecule has 0 saturated carbocycles. The van der Waals surface area contributed by atoms with Crippen LogP contribution in [0.2, 0.25) is 10.3 Å². The average molecular weight is 274 g/mol. The summed E-state index contributed by atoms with van der Waals surface area (Å²) < 4.78 is 36.4. The molecule has 0 fully saturated rings. The second kappa shape index (κ2) is 4.77. The third-order valence-electron chi connectivity index (χ3n) is 2.04. The van der Waals surface area contributed by atoms with Crippen LogP contribution in [0, 0.1) is 6.92 Å². The van der Waals surface area contributed by atoms with Gasteiger partial charge < -0.3 is 5.11 Å². The van der Waals surface area contributed by atoms with E-state index in [9.17, 15) is 13.2 Å². The molecule has 90 valence electrons. The molecule has 0 aliphatic rings. The van der Waals surface area contributed by atoms with Crippen molar-refractivity contribution in [3.8, 4) is 0 Å². The predicted octanol–water partition coefficient (Wildman–Crippen LogP) is 3.16. The monoisotopic (exact) mass is 273 g/mol. The molecule has 16 heavy (non-hydrogen) atoms. The van der Waals surface area contributed by atoms with Crippen LogP contribution in [0.5, 0.6) is 0 Å². The molecular weight excluding hydrogens is 266 g/mol. The van der Waals surface area contributed by atoms with E-state index in [2.05, 4.69) is 4.98 Å². The maximum atomic E-state index is 12.1. The van der Waals surface area contributed by atoms with Crippen LogP contribution < -0.4 is 0 Å². The van der Waals surface area contributed by atoms with E-state index in [0.29, 0.717) is 5.56 Å². The molecule has 0 aliphatic heterocycles.